The Morgan fingerprint density at radius 3 is 2.45 bits per heavy atom. The normalized spacial score (nSPS) is 35.9. The van der Waals surface area contributed by atoms with Crippen LogP contribution in [0.15, 0.2) is 11.6 Å². The van der Waals surface area contributed by atoms with Gasteiger partial charge in [-0.2, -0.15) is 0 Å². The number of rotatable bonds is 14. The minimum atomic E-state index is -0.209. The molecule has 0 aromatic carbocycles. The highest BCUT2D eigenvalue weighted by Crippen LogP contribution is 2.67. The molecule has 1 amide bonds. The Morgan fingerprint density at radius 1 is 0.950 bits per heavy atom. The first-order valence-corrected chi connectivity index (χ1v) is 17.5. The molecule has 4 aliphatic rings. The van der Waals surface area contributed by atoms with Crippen molar-refractivity contribution < 1.29 is 9.53 Å². The van der Waals surface area contributed by atoms with Crippen molar-refractivity contribution in [1.29, 1.82) is 0 Å². The maximum Gasteiger partial charge on any atom is 0.407 e. The number of allylic oxidation sites excluding steroid dienone is 1. The highest BCUT2D eigenvalue weighted by Gasteiger charge is 2.59. The highest BCUT2D eigenvalue weighted by molar-refractivity contribution is 5.67. The molecule has 4 aliphatic carbocycles. The molecule has 4 rings (SSSR count). The second-order valence-corrected chi connectivity index (χ2v) is 15.4. The average molecular weight is 557 g/mol. The largest absolute Gasteiger partial charge is 0.446 e. The van der Waals surface area contributed by atoms with Gasteiger partial charge in [0.25, 0.3) is 0 Å². The van der Waals surface area contributed by atoms with Crippen molar-refractivity contribution in [2.24, 2.45) is 52.1 Å². The number of unbranched alkanes of at least 4 members (excludes halogenated alkanes) is 5. The zero-order valence-electron chi connectivity index (χ0n) is 26.9. The summed E-state index contributed by atoms with van der Waals surface area (Å²) in [5.41, 5.74) is 8.03. The lowest BCUT2D eigenvalue weighted by atomic mass is 9.47. The first-order chi connectivity index (χ1) is 19.2. The Morgan fingerprint density at radius 2 is 1.70 bits per heavy atom. The molecule has 0 saturated heterocycles. The summed E-state index contributed by atoms with van der Waals surface area (Å²) < 4.78 is 5.95. The third-order valence-electron chi connectivity index (χ3n) is 12.4. The van der Waals surface area contributed by atoms with Gasteiger partial charge in [-0.15, -0.1) is 0 Å². The Hall–Kier alpha value is -1.03. The zero-order chi connectivity index (χ0) is 28.8. The van der Waals surface area contributed by atoms with Gasteiger partial charge in [-0.1, -0.05) is 91.2 Å². The van der Waals surface area contributed by atoms with E-state index in [-0.39, 0.29) is 12.2 Å². The number of nitrogens with two attached hydrogens (primary N) is 1. The molecule has 4 heteroatoms. The minimum Gasteiger partial charge on any atom is -0.446 e. The van der Waals surface area contributed by atoms with Gasteiger partial charge in [0.1, 0.15) is 6.10 Å². The van der Waals surface area contributed by atoms with Gasteiger partial charge in [0.2, 0.25) is 0 Å². The number of hydrogen-bond donors (Lipinski definition) is 2. The summed E-state index contributed by atoms with van der Waals surface area (Å²) in [6, 6.07) is 0. The third-order valence-corrected chi connectivity index (χ3v) is 12.4. The second-order valence-electron chi connectivity index (χ2n) is 15.4. The maximum atomic E-state index is 12.5. The quantitative estimate of drug-likeness (QED) is 0.165. The Bertz CT molecular complexity index is 839. The number of amides is 1. The average Bonchev–Trinajstić information content (AvgIpc) is 3.27. The monoisotopic (exact) mass is 556 g/mol. The van der Waals surface area contributed by atoms with Crippen molar-refractivity contribution in [3.63, 3.8) is 0 Å². The van der Waals surface area contributed by atoms with Crippen LogP contribution in [-0.4, -0.2) is 25.3 Å². The molecule has 0 aromatic heterocycles. The number of alkyl carbamates (subject to hydrolysis) is 1. The van der Waals surface area contributed by atoms with E-state index in [2.05, 4.69) is 46.0 Å². The smallest absolute Gasteiger partial charge is 0.407 e. The first kappa shape index (κ1) is 31.9. The SMILES string of the molecule is CC(C)CCC[C@@H](C)[C@H]1CCC2C3CC=C4CC(OC(=O)NCCCCCCCCN)CC[C@]4(C)C3CC[C@@]21C. The fourth-order valence-corrected chi connectivity index (χ4v) is 10.1. The van der Waals surface area contributed by atoms with Crippen LogP contribution in [0.3, 0.4) is 0 Å². The van der Waals surface area contributed by atoms with E-state index >= 15 is 0 Å². The Balaban J connectivity index is 1.26. The van der Waals surface area contributed by atoms with Crippen LogP contribution in [-0.2, 0) is 4.74 Å². The predicted molar refractivity (Wildman–Crippen MR) is 168 cm³/mol. The van der Waals surface area contributed by atoms with Crippen LogP contribution in [0, 0.1) is 46.3 Å². The van der Waals surface area contributed by atoms with Gasteiger partial charge in [-0.3, -0.25) is 0 Å². The summed E-state index contributed by atoms with van der Waals surface area (Å²) in [6.45, 7) is 14.1. The van der Waals surface area contributed by atoms with Crippen molar-refractivity contribution in [2.75, 3.05) is 13.1 Å². The van der Waals surface area contributed by atoms with Crippen LogP contribution in [0.2, 0.25) is 0 Å². The molecule has 3 saturated carbocycles. The molecule has 0 bridgehead atoms. The van der Waals surface area contributed by atoms with Crippen molar-refractivity contribution in [3.8, 4) is 0 Å². The van der Waals surface area contributed by atoms with Crippen molar-refractivity contribution >= 4 is 6.09 Å². The summed E-state index contributed by atoms with van der Waals surface area (Å²) in [5.74, 6) is 5.20. The van der Waals surface area contributed by atoms with Gasteiger partial charge in [0, 0.05) is 13.0 Å². The van der Waals surface area contributed by atoms with Crippen LogP contribution in [0.5, 0.6) is 0 Å². The minimum absolute atomic E-state index is 0.0449. The predicted octanol–water partition coefficient (Wildman–Crippen LogP) is 9.42. The molecule has 3 N–H and O–H groups in total. The molecular formula is C36H64N2O2. The number of ether oxygens (including phenoxy) is 1. The molecule has 0 aliphatic heterocycles. The Kier molecular flexibility index (Phi) is 11.5. The number of carbonyl (C=O) groups is 1. The fraction of sp³-hybridized carbons (Fsp3) is 0.917. The van der Waals surface area contributed by atoms with Gasteiger partial charge < -0.3 is 15.8 Å². The number of nitrogens with one attached hydrogen (secondary N) is 1. The van der Waals surface area contributed by atoms with E-state index in [4.69, 9.17) is 10.5 Å². The van der Waals surface area contributed by atoms with Crippen molar-refractivity contribution in [3.05, 3.63) is 11.6 Å². The van der Waals surface area contributed by atoms with Crippen LogP contribution in [0.25, 0.3) is 0 Å². The van der Waals surface area contributed by atoms with E-state index in [0.717, 1.165) is 74.3 Å². The van der Waals surface area contributed by atoms with E-state index in [1.165, 1.54) is 83.5 Å². The molecule has 0 aromatic rings. The van der Waals surface area contributed by atoms with Crippen LogP contribution in [0.1, 0.15) is 144 Å². The Labute approximate surface area is 247 Å². The number of hydrogen-bond acceptors (Lipinski definition) is 3. The molecule has 8 atom stereocenters. The van der Waals surface area contributed by atoms with E-state index in [1.807, 2.05) is 0 Å². The summed E-state index contributed by atoms with van der Waals surface area (Å²) in [4.78, 5) is 12.5. The van der Waals surface area contributed by atoms with Crippen molar-refractivity contribution in [1.82, 2.24) is 5.32 Å². The summed E-state index contributed by atoms with van der Waals surface area (Å²) in [6.07, 6.45) is 23.8. The van der Waals surface area contributed by atoms with Crippen LogP contribution in [0.4, 0.5) is 4.79 Å². The van der Waals surface area contributed by atoms with Crippen LogP contribution < -0.4 is 11.1 Å². The fourth-order valence-electron chi connectivity index (χ4n) is 10.1. The maximum absolute atomic E-state index is 12.5. The lowest BCUT2D eigenvalue weighted by Gasteiger charge is -2.58. The van der Waals surface area contributed by atoms with Gasteiger partial charge in [0.05, 0.1) is 0 Å². The summed E-state index contributed by atoms with van der Waals surface area (Å²) in [7, 11) is 0. The summed E-state index contributed by atoms with van der Waals surface area (Å²) in [5, 5.41) is 3.02. The van der Waals surface area contributed by atoms with Gasteiger partial charge in [0.15, 0.2) is 0 Å². The van der Waals surface area contributed by atoms with Gasteiger partial charge in [-0.25, -0.2) is 4.79 Å². The molecule has 4 unspecified atom stereocenters. The molecule has 3 fully saturated rings. The van der Waals surface area contributed by atoms with Gasteiger partial charge >= 0.3 is 6.09 Å². The second kappa shape index (κ2) is 14.4. The van der Waals surface area contributed by atoms with E-state index in [1.54, 1.807) is 5.57 Å². The lowest BCUT2D eigenvalue weighted by Crippen LogP contribution is -2.51. The van der Waals surface area contributed by atoms with Crippen molar-refractivity contribution in [2.45, 2.75) is 150 Å². The molecule has 4 nitrogen and oxygen atoms in total. The highest BCUT2D eigenvalue weighted by atomic mass is 16.6. The van der Waals surface area contributed by atoms with E-state index < -0.39 is 0 Å². The molecule has 230 valence electrons. The molecular weight excluding hydrogens is 492 g/mol. The standard InChI is InChI=1S/C36H64N2O2/c1-26(2)13-12-14-27(3)31-17-18-32-30-16-15-28-25-29(19-21-35(28,4)33(30)20-22-36(31,32)5)40-34(39)38-24-11-9-7-6-8-10-23-37/h15,26-27,29-33H,6-14,16-25,37H2,1-5H3,(H,38,39)/t27-,29?,30?,31-,32?,33?,35+,36-/m1/s1. The number of fused-ring (bicyclic) bond motifs is 5. The molecule has 0 radical (unpaired) electrons. The molecule has 40 heavy (non-hydrogen) atoms. The number of carbonyl (C=O) groups excluding carboxylic acids is 1. The molecule has 0 heterocycles. The third kappa shape index (κ3) is 7.30. The molecule has 0 spiro atoms. The van der Waals surface area contributed by atoms with Crippen LogP contribution >= 0.6 is 0 Å². The van der Waals surface area contributed by atoms with E-state index in [0.29, 0.717) is 10.8 Å². The lowest BCUT2D eigenvalue weighted by molar-refractivity contribution is -0.0581. The zero-order valence-corrected chi connectivity index (χ0v) is 26.9. The van der Waals surface area contributed by atoms with Gasteiger partial charge in [-0.05, 0) is 111 Å². The topological polar surface area (TPSA) is 64.3 Å². The summed E-state index contributed by atoms with van der Waals surface area (Å²) >= 11 is 0. The first-order valence-electron chi connectivity index (χ1n) is 17.5. The van der Waals surface area contributed by atoms with E-state index in [9.17, 15) is 4.79 Å².